The Morgan fingerprint density at radius 2 is 1.03 bits per heavy atom. The van der Waals surface area contributed by atoms with E-state index in [9.17, 15) is 0 Å². The van der Waals surface area contributed by atoms with Gasteiger partial charge in [-0.2, -0.15) is 0 Å². The highest BCUT2D eigenvalue weighted by Gasteiger charge is 2.41. The Hall–Kier alpha value is -3.36. The molecule has 0 aromatic heterocycles. The standard InChI is InChI=1S/C31H32Si/c1-8-30(23-24-32(25(2)3,26(4)5)27(6)7)31(21-19-28-15-11-9-12-16-28)22-20-29-17-13-10-14-18-29/h1,9-18,25-27H,2-7H3. The van der Waals surface area contributed by atoms with E-state index in [4.69, 9.17) is 6.42 Å². The van der Waals surface area contributed by atoms with Crippen molar-refractivity contribution >= 4 is 8.07 Å². The summed E-state index contributed by atoms with van der Waals surface area (Å²) in [6.07, 6.45) is 5.94. The van der Waals surface area contributed by atoms with Crippen LogP contribution in [0.25, 0.3) is 0 Å². The molecule has 0 unspecified atom stereocenters. The predicted octanol–water partition coefficient (Wildman–Crippen LogP) is 7.24. The largest absolute Gasteiger partial charge is 0.146 e. The second kappa shape index (κ2) is 11.9. The smallest absolute Gasteiger partial charge is 0.124 e. The lowest BCUT2D eigenvalue weighted by Crippen LogP contribution is -2.43. The molecular weight excluding hydrogens is 400 g/mol. The van der Waals surface area contributed by atoms with Crippen molar-refractivity contribution < 1.29 is 0 Å². The van der Waals surface area contributed by atoms with Crippen molar-refractivity contribution in [2.45, 2.75) is 58.2 Å². The van der Waals surface area contributed by atoms with Gasteiger partial charge in [0.25, 0.3) is 0 Å². The molecule has 0 aliphatic heterocycles. The number of hydrogen-bond acceptors (Lipinski definition) is 0. The maximum atomic E-state index is 5.94. The van der Waals surface area contributed by atoms with Crippen LogP contribution in [0, 0.1) is 47.5 Å². The van der Waals surface area contributed by atoms with E-state index in [1.165, 1.54) is 0 Å². The summed E-state index contributed by atoms with van der Waals surface area (Å²) in [7, 11) is -1.91. The number of hydrogen-bond donors (Lipinski definition) is 0. The molecule has 0 nitrogen and oxygen atoms in total. The van der Waals surface area contributed by atoms with Gasteiger partial charge in [-0.1, -0.05) is 113 Å². The summed E-state index contributed by atoms with van der Waals surface area (Å²) >= 11 is 0. The van der Waals surface area contributed by atoms with Gasteiger partial charge in [0, 0.05) is 11.1 Å². The summed E-state index contributed by atoms with van der Waals surface area (Å²) in [5, 5.41) is 0. The van der Waals surface area contributed by atoms with Crippen LogP contribution in [-0.4, -0.2) is 8.07 Å². The molecule has 2 rings (SSSR count). The topological polar surface area (TPSA) is 0 Å². The molecular formula is C31H32Si. The van der Waals surface area contributed by atoms with Gasteiger partial charge in [-0.15, -0.1) is 12.0 Å². The summed E-state index contributed by atoms with van der Waals surface area (Å²) in [6, 6.07) is 19.7. The van der Waals surface area contributed by atoms with Gasteiger partial charge in [0.2, 0.25) is 0 Å². The Labute approximate surface area is 196 Å². The zero-order valence-corrected chi connectivity index (χ0v) is 21.1. The molecule has 0 aliphatic carbocycles. The number of terminal acetylenes is 1. The van der Waals surface area contributed by atoms with Gasteiger partial charge < -0.3 is 0 Å². The minimum atomic E-state index is -1.91. The monoisotopic (exact) mass is 432 g/mol. The van der Waals surface area contributed by atoms with E-state index < -0.39 is 8.07 Å². The van der Waals surface area contributed by atoms with Gasteiger partial charge in [0.05, 0.1) is 11.1 Å². The normalized spacial score (nSPS) is 10.2. The third-order valence-corrected chi connectivity index (χ3v) is 12.2. The summed E-state index contributed by atoms with van der Waals surface area (Å²) in [4.78, 5) is 0. The maximum absolute atomic E-state index is 5.94. The highest BCUT2D eigenvalue weighted by Crippen LogP contribution is 2.40. The molecule has 0 saturated carbocycles. The van der Waals surface area contributed by atoms with Crippen molar-refractivity contribution in [3.8, 4) is 47.5 Å². The average Bonchev–Trinajstić information content (AvgIpc) is 2.78. The summed E-state index contributed by atoms with van der Waals surface area (Å²) in [5.41, 5.74) is 8.33. The molecule has 0 bridgehead atoms. The fourth-order valence-electron chi connectivity index (χ4n) is 4.24. The summed E-state index contributed by atoms with van der Waals surface area (Å²) in [5.74, 6) is 19.0. The van der Waals surface area contributed by atoms with Crippen molar-refractivity contribution in [1.29, 1.82) is 0 Å². The Morgan fingerprint density at radius 3 is 1.38 bits per heavy atom. The molecule has 0 saturated heterocycles. The van der Waals surface area contributed by atoms with Crippen LogP contribution >= 0.6 is 0 Å². The minimum Gasteiger partial charge on any atom is -0.124 e. The highest BCUT2D eigenvalue weighted by atomic mass is 28.3. The molecule has 1 heteroatoms. The zero-order valence-electron chi connectivity index (χ0n) is 20.1. The zero-order chi connectivity index (χ0) is 23.6. The maximum Gasteiger partial charge on any atom is 0.146 e. The molecule has 2 aromatic carbocycles. The van der Waals surface area contributed by atoms with Crippen molar-refractivity contribution in [2.75, 3.05) is 0 Å². The molecule has 160 valence electrons. The fourth-order valence-corrected chi connectivity index (χ4v) is 9.45. The first-order valence-electron chi connectivity index (χ1n) is 11.2. The molecule has 0 amide bonds. The van der Waals surface area contributed by atoms with E-state index in [1.807, 2.05) is 60.7 Å². The van der Waals surface area contributed by atoms with Crippen LogP contribution in [0.15, 0.2) is 71.8 Å². The third-order valence-electron chi connectivity index (χ3n) is 5.88. The van der Waals surface area contributed by atoms with Crippen molar-refractivity contribution in [1.82, 2.24) is 0 Å². The van der Waals surface area contributed by atoms with Crippen LogP contribution in [0.2, 0.25) is 16.6 Å². The Morgan fingerprint density at radius 1 is 0.625 bits per heavy atom. The first kappa shape index (κ1) is 24.9. The molecule has 0 N–H and O–H groups in total. The Bertz CT molecular complexity index is 1070. The second-order valence-corrected chi connectivity index (χ2v) is 14.4. The highest BCUT2D eigenvalue weighted by molar-refractivity contribution is 6.90. The average molecular weight is 433 g/mol. The van der Waals surface area contributed by atoms with Crippen LogP contribution in [0.1, 0.15) is 52.7 Å². The molecule has 0 fully saturated rings. The van der Waals surface area contributed by atoms with Crippen LogP contribution < -0.4 is 0 Å². The molecule has 0 radical (unpaired) electrons. The van der Waals surface area contributed by atoms with Crippen LogP contribution in [0.3, 0.4) is 0 Å². The fraction of sp³-hybridized carbons (Fsp3) is 0.290. The SMILES string of the molecule is C#CC(C#C[Si](C(C)C)(C(C)C)C(C)C)=C(C#Cc1ccccc1)C#Cc1ccccc1. The van der Waals surface area contributed by atoms with Crippen molar-refractivity contribution in [3.63, 3.8) is 0 Å². The van der Waals surface area contributed by atoms with Crippen LogP contribution in [0.4, 0.5) is 0 Å². The van der Waals surface area contributed by atoms with Gasteiger partial charge >= 0.3 is 0 Å². The molecule has 0 heterocycles. The number of benzene rings is 2. The van der Waals surface area contributed by atoms with Gasteiger partial charge in [0.15, 0.2) is 0 Å². The van der Waals surface area contributed by atoms with E-state index >= 15 is 0 Å². The lowest BCUT2D eigenvalue weighted by atomic mass is 10.1. The first-order chi connectivity index (χ1) is 15.3. The van der Waals surface area contributed by atoms with E-state index in [0.29, 0.717) is 27.8 Å². The second-order valence-electron chi connectivity index (χ2n) is 8.77. The molecule has 32 heavy (non-hydrogen) atoms. The minimum absolute atomic E-state index is 0.531. The first-order valence-corrected chi connectivity index (χ1v) is 13.4. The van der Waals surface area contributed by atoms with Crippen molar-refractivity contribution in [2.24, 2.45) is 0 Å². The summed E-state index contributed by atoms with van der Waals surface area (Å²) < 4.78 is 0. The van der Waals surface area contributed by atoms with Crippen LogP contribution in [-0.2, 0) is 0 Å². The Kier molecular flexibility index (Phi) is 9.24. The molecule has 0 spiro atoms. The van der Waals surface area contributed by atoms with E-state index in [2.05, 4.69) is 82.6 Å². The van der Waals surface area contributed by atoms with Gasteiger partial charge in [-0.05, 0) is 40.9 Å². The van der Waals surface area contributed by atoms with Gasteiger partial charge in [-0.3, -0.25) is 0 Å². The van der Waals surface area contributed by atoms with E-state index in [1.54, 1.807) is 0 Å². The molecule has 2 aromatic rings. The molecule has 0 aliphatic rings. The van der Waals surface area contributed by atoms with Gasteiger partial charge in [-0.25, -0.2) is 0 Å². The third kappa shape index (κ3) is 6.32. The predicted molar refractivity (Wildman–Crippen MR) is 141 cm³/mol. The quantitative estimate of drug-likeness (QED) is 0.354. The van der Waals surface area contributed by atoms with E-state index in [-0.39, 0.29) is 0 Å². The Balaban J connectivity index is 2.67. The lowest BCUT2D eigenvalue weighted by Gasteiger charge is -2.38. The van der Waals surface area contributed by atoms with E-state index in [0.717, 1.165) is 11.1 Å². The number of rotatable bonds is 3. The molecule has 0 atom stereocenters. The van der Waals surface area contributed by atoms with Crippen LogP contribution in [0.5, 0.6) is 0 Å². The lowest BCUT2D eigenvalue weighted by molar-refractivity contribution is 0.838. The summed E-state index contributed by atoms with van der Waals surface area (Å²) in [6.45, 7) is 13.8. The van der Waals surface area contributed by atoms with Crippen molar-refractivity contribution in [3.05, 3.63) is 82.9 Å². The van der Waals surface area contributed by atoms with Gasteiger partial charge in [0.1, 0.15) is 8.07 Å². The number of allylic oxidation sites excluding steroid dienone is 2.